The summed E-state index contributed by atoms with van der Waals surface area (Å²) in [7, 11) is 0. The van der Waals surface area contributed by atoms with Gasteiger partial charge in [0.05, 0.1) is 0 Å². The van der Waals surface area contributed by atoms with E-state index >= 15 is 0 Å². The Morgan fingerprint density at radius 2 is 1.87 bits per heavy atom. The number of halogens is 4. The van der Waals surface area contributed by atoms with E-state index in [0.29, 0.717) is 5.56 Å². The highest BCUT2D eigenvalue weighted by Gasteiger charge is 2.40. The highest BCUT2D eigenvalue weighted by molar-refractivity contribution is 6.20. The minimum absolute atomic E-state index is 0.160. The van der Waals surface area contributed by atoms with Crippen molar-refractivity contribution in [3.8, 4) is 5.75 Å². The second kappa shape index (κ2) is 4.31. The fourth-order valence-corrected chi connectivity index (χ4v) is 1.11. The van der Waals surface area contributed by atoms with Crippen LogP contribution in [0.1, 0.15) is 11.1 Å². The van der Waals surface area contributed by atoms with Crippen LogP contribution in [0.5, 0.6) is 5.75 Å². The standard InChI is InChI=1S/C10H10ClF3O/c1-6-3-4-7(2)8(5-6)15-9(11)10(12,13)14/h3-5,9H,1-2H3. The Labute approximate surface area is 90.8 Å². The number of hydrogen-bond acceptors (Lipinski definition) is 1. The molecular weight excluding hydrogens is 229 g/mol. The van der Waals surface area contributed by atoms with Gasteiger partial charge in [-0.2, -0.15) is 13.2 Å². The van der Waals surface area contributed by atoms with Gasteiger partial charge in [0, 0.05) is 0 Å². The largest absolute Gasteiger partial charge is 0.465 e. The predicted molar refractivity (Wildman–Crippen MR) is 52.2 cm³/mol. The Bertz CT molecular complexity index is 349. The molecule has 1 nitrogen and oxygen atoms in total. The number of rotatable bonds is 2. The molecule has 84 valence electrons. The van der Waals surface area contributed by atoms with E-state index in [1.165, 1.54) is 6.07 Å². The second-order valence-electron chi connectivity index (χ2n) is 3.24. The van der Waals surface area contributed by atoms with Crippen molar-refractivity contribution < 1.29 is 17.9 Å². The van der Waals surface area contributed by atoms with Gasteiger partial charge in [-0.3, -0.25) is 0 Å². The van der Waals surface area contributed by atoms with Crippen LogP contribution in [0.25, 0.3) is 0 Å². The molecule has 0 heterocycles. The summed E-state index contributed by atoms with van der Waals surface area (Å²) < 4.78 is 41.0. The molecule has 0 bridgehead atoms. The number of benzene rings is 1. The maximum Gasteiger partial charge on any atom is 0.440 e. The van der Waals surface area contributed by atoms with E-state index in [0.717, 1.165) is 5.56 Å². The quantitative estimate of drug-likeness (QED) is 0.712. The average molecular weight is 239 g/mol. The molecule has 0 spiro atoms. The Morgan fingerprint density at radius 3 is 2.40 bits per heavy atom. The SMILES string of the molecule is Cc1ccc(C)c(OC(Cl)C(F)(F)F)c1. The van der Waals surface area contributed by atoms with Crippen LogP contribution in [0, 0.1) is 13.8 Å². The number of aryl methyl sites for hydroxylation is 2. The van der Waals surface area contributed by atoms with Gasteiger partial charge in [0.2, 0.25) is 0 Å². The van der Waals surface area contributed by atoms with Crippen LogP contribution >= 0.6 is 11.6 Å². The predicted octanol–water partition coefficient (Wildman–Crippen LogP) is 3.81. The van der Waals surface area contributed by atoms with E-state index < -0.39 is 11.7 Å². The van der Waals surface area contributed by atoms with Gasteiger partial charge in [-0.25, -0.2) is 0 Å². The monoisotopic (exact) mass is 238 g/mol. The van der Waals surface area contributed by atoms with E-state index in [-0.39, 0.29) is 5.75 Å². The van der Waals surface area contributed by atoms with Crippen molar-refractivity contribution in [3.63, 3.8) is 0 Å². The van der Waals surface area contributed by atoms with Crippen LogP contribution in [0.4, 0.5) is 13.2 Å². The van der Waals surface area contributed by atoms with E-state index in [4.69, 9.17) is 11.6 Å². The van der Waals surface area contributed by atoms with Gasteiger partial charge in [-0.05, 0) is 31.0 Å². The summed E-state index contributed by atoms with van der Waals surface area (Å²) in [5, 5.41) is 0. The molecular formula is C10H10ClF3O. The van der Waals surface area contributed by atoms with Crippen LogP contribution in [-0.2, 0) is 0 Å². The first kappa shape index (κ1) is 12.2. The first-order chi connectivity index (χ1) is 6.80. The molecule has 15 heavy (non-hydrogen) atoms. The van der Waals surface area contributed by atoms with E-state index in [1.54, 1.807) is 26.0 Å². The van der Waals surface area contributed by atoms with Crippen molar-refractivity contribution in [2.45, 2.75) is 25.6 Å². The topological polar surface area (TPSA) is 9.23 Å². The summed E-state index contributed by atoms with van der Waals surface area (Å²) in [5.41, 5.74) is -0.866. The maximum absolute atomic E-state index is 12.1. The van der Waals surface area contributed by atoms with Crippen molar-refractivity contribution in [1.82, 2.24) is 0 Å². The van der Waals surface area contributed by atoms with Gasteiger partial charge in [0.25, 0.3) is 5.56 Å². The number of alkyl halides is 4. The van der Waals surface area contributed by atoms with E-state index in [1.807, 2.05) is 0 Å². The van der Waals surface area contributed by atoms with Crippen molar-refractivity contribution in [3.05, 3.63) is 29.3 Å². The Balaban J connectivity index is 2.85. The molecule has 1 unspecified atom stereocenters. The number of ether oxygens (including phenoxy) is 1. The smallest absolute Gasteiger partial charge is 0.440 e. The normalized spacial score (nSPS) is 13.7. The molecule has 0 amide bonds. The molecule has 1 rings (SSSR count). The van der Waals surface area contributed by atoms with Gasteiger partial charge >= 0.3 is 6.18 Å². The van der Waals surface area contributed by atoms with Crippen LogP contribution in [0.3, 0.4) is 0 Å². The molecule has 0 aliphatic carbocycles. The Kier molecular flexibility index (Phi) is 3.50. The molecule has 0 aliphatic heterocycles. The third-order valence-electron chi connectivity index (χ3n) is 1.83. The summed E-state index contributed by atoms with van der Waals surface area (Å²) >= 11 is 5.07. The van der Waals surface area contributed by atoms with E-state index in [9.17, 15) is 13.2 Å². The Hall–Kier alpha value is -0.900. The van der Waals surface area contributed by atoms with Gasteiger partial charge in [-0.15, -0.1) is 0 Å². The molecule has 1 aromatic rings. The van der Waals surface area contributed by atoms with Crippen molar-refractivity contribution in [2.24, 2.45) is 0 Å². The van der Waals surface area contributed by atoms with Gasteiger partial charge in [0.15, 0.2) is 0 Å². The van der Waals surface area contributed by atoms with Crippen molar-refractivity contribution in [2.75, 3.05) is 0 Å². The first-order valence-electron chi connectivity index (χ1n) is 4.25. The lowest BCUT2D eigenvalue weighted by Gasteiger charge is -2.17. The molecule has 5 heteroatoms. The third kappa shape index (κ3) is 3.30. The second-order valence-corrected chi connectivity index (χ2v) is 3.64. The van der Waals surface area contributed by atoms with Crippen molar-refractivity contribution in [1.29, 1.82) is 0 Å². The summed E-state index contributed by atoms with van der Waals surface area (Å²) in [6.45, 7) is 3.43. The van der Waals surface area contributed by atoms with Crippen LogP contribution in [-0.4, -0.2) is 11.7 Å². The van der Waals surface area contributed by atoms with Gasteiger partial charge in [-0.1, -0.05) is 23.7 Å². The summed E-state index contributed by atoms with van der Waals surface area (Å²) in [6.07, 6.45) is -4.56. The molecule has 1 atom stereocenters. The van der Waals surface area contributed by atoms with E-state index in [2.05, 4.69) is 4.74 Å². The maximum atomic E-state index is 12.1. The van der Waals surface area contributed by atoms with Crippen LogP contribution in [0.2, 0.25) is 0 Å². The molecule has 1 aromatic carbocycles. The minimum atomic E-state index is -4.56. The fraction of sp³-hybridized carbons (Fsp3) is 0.400. The van der Waals surface area contributed by atoms with Crippen LogP contribution in [0.15, 0.2) is 18.2 Å². The molecule has 0 saturated heterocycles. The molecule has 0 saturated carbocycles. The summed E-state index contributed by atoms with van der Waals surface area (Å²) in [5.74, 6) is 0.160. The highest BCUT2D eigenvalue weighted by atomic mass is 35.5. The zero-order valence-electron chi connectivity index (χ0n) is 8.23. The summed E-state index contributed by atoms with van der Waals surface area (Å²) in [6, 6.07) is 5.00. The molecule has 0 radical (unpaired) electrons. The molecule has 0 aromatic heterocycles. The first-order valence-corrected chi connectivity index (χ1v) is 4.69. The number of hydrogen-bond donors (Lipinski definition) is 0. The third-order valence-corrected chi connectivity index (χ3v) is 2.17. The minimum Gasteiger partial charge on any atom is -0.465 e. The lowest BCUT2D eigenvalue weighted by molar-refractivity contribution is -0.169. The molecule has 0 N–H and O–H groups in total. The van der Waals surface area contributed by atoms with Gasteiger partial charge in [0.1, 0.15) is 5.75 Å². The van der Waals surface area contributed by atoms with Crippen LogP contribution < -0.4 is 4.74 Å². The lowest BCUT2D eigenvalue weighted by atomic mass is 10.1. The fourth-order valence-electron chi connectivity index (χ4n) is 1.01. The zero-order chi connectivity index (χ0) is 11.6. The zero-order valence-corrected chi connectivity index (χ0v) is 8.99. The average Bonchev–Trinajstić information content (AvgIpc) is 2.09. The lowest BCUT2D eigenvalue weighted by Crippen LogP contribution is -2.29. The highest BCUT2D eigenvalue weighted by Crippen LogP contribution is 2.29. The Morgan fingerprint density at radius 1 is 1.27 bits per heavy atom. The molecule has 0 fully saturated rings. The molecule has 0 aliphatic rings. The van der Waals surface area contributed by atoms with Gasteiger partial charge < -0.3 is 4.74 Å². The van der Waals surface area contributed by atoms with Crippen molar-refractivity contribution >= 4 is 11.6 Å². The summed E-state index contributed by atoms with van der Waals surface area (Å²) in [4.78, 5) is 0.